The van der Waals surface area contributed by atoms with Crippen LogP contribution in [-0.4, -0.2) is 11.3 Å². The van der Waals surface area contributed by atoms with Gasteiger partial charge in [-0.1, -0.05) is 17.3 Å². The van der Waals surface area contributed by atoms with Crippen LogP contribution in [0.25, 0.3) is 11.3 Å². The maximum atomic E-state index is 5.66. The molecule has 0 saturated carbocycles. The monoisotopic (exact) mass is 232 g/mol. The molecule has 2 N–H and O–H groups in total. The Kier molecular flexibility index (Phi) is 3.04. The molecule has 0 saturated heterocycles. The molecule has 0 atom stereocenters. The van der Waals surface area contributed by atoms with Gasteiger partial charge in [0.1, 0.15) is 5.75 Å². The average Bonchev–Trinajstić information content (AvgIpc) is 2.59. The number of hydrogen-bond donors (Lipinski definition) is 1. The minimum atomic E-state index is 0.145. The predicted octanol–water partition coefficient (Wildman–Crippen LogP) is 3.02. The second kappa shape index (κ2) is 4.49. The molecule has 0 aliphatic heterocycles. The Labute approximate surface area is 100 Å². The summed E-state index contributed by atoms with van der Waals surface area (Å²) < 4.78 is 10.8. The van der Waals surface area contributed by atoms with Gasteiger partial charge in [-0.3, -0.25) is 0 Å². The predicted molar refractivity (Wildman–Crippen MR) is 66.9 cm³/mol. The molecule has 90 valence electrons. The van der Waals surface area contributed by atoms with E-state index in [1.54, 1.807) is 0 Å². The van der Waals surface area contributed by atoms with E-state index in [1.165, 1.54) is 0 Å². The van der Waals surface area contributed by atoms with Crippen molar-refractivity contribution in [2.45, 2.75) is 26.9 Å². The van der Waals surface area contributed by atoms with Gasteiger partial charge < -0.3 is 15.0 Å². The van der Waals surface area contributed by atoms with Gasteiger partial charge in [-0.05, 0) is 32.9 Å². The van der Waals surface area contributed by atoms with Crippen LogP contribution >= 0.6 is 0 Å². The molecule has 0 bridgehead atoms. The van der Waals surface area contributed by atoms with Crippen LogP contribution in [0.1, 0.15) is 19.4 Å². The molecule has 4 heteroatoms. The number of hydrogen-bond acceptors (Lipinski definition) is 4. The molecule has 0 unspecified atom stereocenters. The van der Waals surface area contributed by atoms with E-state index in [9.17, 15) is 0 Å². The summed E-state index contributed by atoms with van der Waals surface area (Å²) in [6, 6.07) is 7.71. The van der Waals surface area contributed by atoms with E-state index in [-0.39, 0.29) is 6.10 Å². The second-order valence-corrected chi connectivity index (χ2v) is 4.22. The third kappa shape index (κ3) is 2.41. The lowest BCUT2D eigenvalue weighted by Gasteiger charge is -2.10. The normalized spacial score (nSPS) is 10.8. The van der Waals surface area contributed by atoms with Crippen LogP contribution in [-0.2, 0) is 0 Å². The highest BCUT2D eigenvalue weighted by Crippen LogP contribution is 2.29. The second-order valence-electron chi connectivity index (χ2n) is 4.22. The Balaban J connectivity index is 2.36. The SMILES string of the molecule is Cc1c(N)noc1-c1cccc(OC(C)C)c1. The van der Waals surface area contributed by atoms with Crippen LogP contribution in [0.5, 0.6) is 5.75 Å². The standard InChI is InChI=1S/C13H16N2O2/c1-8(2)16-11-6-4-5-10(7-11)12-9(3)13(14)15-17-12/h4-8H,1-3H3,(H2,14,15). The number of nitrogens with two attached hydrogens (primary N) is 1. The fraction of sp³-hybridized carbons (Fsp3) is 0.308. The fourth-order valence-corrected chi connectivity index (χ4v) is 1.60. The van der Waals surface area contributed by atoms with Crippen LogP contribution in [0.2, 0.25) is 0 Å². The zero-order valence-corrected chi connectivity index (χ0v) is 10.2. The minimum absolute atomic E-state index is 0.145. The molecule has 0 aliphatic carbocycles. The summed E-state index contributed by atoms with van der Waals surface area (Å²) in [4.78, 5) is 0. The van der Waals surface area contributed by atoms with Gasteiger partial charge in [-0.2, -0.15) is 0 Å². The number of benzene rings is 1. The molecule has 4 nitrogen and oxygen atoms in total. The van der Waals surface area contributed by atoms with Crippen LogP contribution in [0.4, 0.5) is 5.82 Å². The molecule has 2 aromatic rings. The zero-order chi connectivity index (χ0) is 12.4. The maximum absolute atomic E-state index is 5.66. The lowest BCUT2D eigenvalue weighted by Crippen LogP contribution is -2.05. The third-order valence-electron chi connectivity index (χ3n) is 2.43. The van der Waals surface area contributed by atoms with E-state index in [2.05, 4.69) is 5.16 Å². The van der Waals surface area contributed by atoms with Crippen molar-refractivity contribution in [2.24, 2.45) is 0 Å². The molecule has 0 amide bonds. The minimum Gasteiger partial charge on any atom is -0.491 e. The Bertz CT molecular complexity index is 518. The van der Waals surface area contributed by atoms with E-state index in [4.69, 9.17) is 15.0 Å². The van der Waals surface area contributed by atoms with Gasteiger partial charge in [0, 0.05) is 11.1 Å². The number of rotatable bonds is 3. The van der Waals surface area contributed by atoms with Crippen LogP contribution in [0, 0.1) is 6.92 Å². The Morgan fingerprint density at radius 2 is 2.12 bits per heavy atom. The van der Waals surface area contributed by atoms with Crippen LogP contribution in [0.3, 0.4) is 0 Å². The summed E-state index contributed by atoms with van der Waals surface area (Å²) in [6.45, 7) is 5.87. The van der Waals surface area contributed by atoms with Crippen molar-refractivity contribution in [1.29, 1.82) is 0 Å². The Morgan fingerprint density at radius 1 is 1.35 bits per heavy atom. The zero-order valence-electron chi connectivity index (χ0n) is 10.2. The summed E-state index contributed by atoms with van der Waals surface area (Å²) in [7, 11) is 0. The van der Waals surface area contributed by atoms with Gasteiger partial charge in [0.25, 0.3) is 0 Å². The van der Waals surface area contributed by atoms with Gasteiger partial charge in [0.15, 0.2) is 11.6 Å². The molecular formula is C13H16N2O2. The molecule has 0 spiro atoms. The molecule has 0 fully saturated rings. The van der Waals surface area contributed by atoms with Gasteiger partial charge in [0.2, 0.25) is 0 Å². The fourth-order valence-electron chi connectivity index (χ4n) is 1.60. The molecule has 17 heavy (non-hydrogen) atoms. The first-order valence-corrected chi connectivity index (χ1v) is 5.56. The molecule has 1 aromatic heterocycles. The van der Waals surface area contributed by atoms with Crippen molar-refractivity contribution in [3.8, 4) is 17.1 Å². The molecule has 0 radical (unpaired) electrons. The van der Waals surface area contributed by atoms with Crippen molar-refractivity contribution < 1.29 is 9.26 Å². The average molecular weight is 232 g/mol. The lowest BCUT2D eigenvalue weighted by molar-refractivity contribution is 0.242. The van der Waals surface area contributed by atoms with E-state index in [0.717, 1.165) is 16.9 Å². The van der Waals surface area contributed by atoms with Crippen molar-refractivity contribution in [3.05, 3.63) is 29.8 Å². The van der Waals surface area contributed by atoms with Crippen molar-refractivity contribution in [2.75, 3.05) is 5.73 Å². The Morgan fingerprint density at radius 3 is 2.71 bits per heavy atom. The lowest BCUT2D eigenvalue weighted by atomic mass is 10.1. The summed E-state index contributed by atoms with van der Waals surface area (Å²) in [6.07, 6.45) is 0.145. The van der Waals surface area contributed by atoms with Gasteiger partial charge >= 0.3 is 0 Å². The molecular weight excluding hydrogens is 216 g/mol. The topological polar surface area (TPSA) is 61.3 Å². The first-order valence-electron chi connectivity index (χ1n) is 5.56. The van der Waals surface area contributed by atoms with Crippen LogP contribution in [0.15, 0.2) is 28.8 Å². The smallest absolute Gasteiger partial charge is 0.172 e. The quantitative estimate of drug-likeness (QED) is 0.883. The largest absolute Gasteiger partial charge is 0.491 e. The molecule has 1 aromatic carbocycles. The maximum Gasteiger partial charge on any atom is 0.172 e. The third-order valence-corrected chi connectivity index (χ3v) is 2.43. The van der Waals surface area contributed by atoms with Crippen LogP contribution < -0.4 is 10.5 Å². The molecule has 0 aliphatic rings. The first kappa shape index (κ1) is 11.5. The van der Waals surface area contributed by atoms with Gasteiger partial charge in [0.05, 0.1) is 6.10 Å². The van der Waals surface area contributed by atoms with Gasteiger partial charge in [-0.15, -0.1) is 0 Å². The van der Waals surface area contributed by atoms with Gasteiger partial charge in [-0.25, -0.2) is 0 Å². The number of anilines is 1. The summed E-state index contributed by atoms with van der Waals surface area (Å²) in [5, 5.41) is 3.75. The number of aromatic nitrogens is 1. The van der Waals surface area contributed by atoms with Crippen molar-refractivity contribution in [3.63, 3.8) is 0 Å². The number of nitrogens with zero attached hydrogens (tertiary/aromatic N) is 1. The first-order chi connectivity index (χ1) is 8.08. The van der Waals surface area contributed by atoms with E-state index >= 15 is 0 Å². The van der Waals surface area contributed by atoms with Crippen molar-refractivity contribution in [1.82, 2.24) is 5.16 Å². The number of ether oxygens (including phenoxy) is 1. The van der Waals surface area contributed by atoms with E-state index < -0.39 is 0 Å². The van der Waals surface area contributed by atoms with E-state index in [1.807, 2.05) is 45.0 Å². The number of nitrogen functional groups attached to an aromatic ring is 1. The molecule has 2 rings (SSSR count). The van der Waals surface area contributed by atoms with E-state index in [0.29, 0.717) is 11.6 Å². The Hall–Kier alpha value is -1.97. The summed E-state index contributed by atoms with van der Waals surface area (Å²) in [5.41, 5.74) is 7.44. The highest BCUT2D eigenvalue weighted by molar-refractivity contribution is 5.66. The highest BCUT2D eigenvalue weighted by Gasteiger charge is 2.12. The molecule has 1 heterocycles. The summed E-state index contributed by atoms with van der Waals surface area (Å²) >= 11 is 0. The highest BCUT2D eigenvalue weighted by atomic mass is 16.5. The summed E-state index contributed by atoms with van der Waals surface area (Å²) in [5.74, 6) is 1.93. The van der Waals surface area contributed by atoms with Crippen molar-refractivity contribution >= 4 is 5.82 Å².